The number of hydrogen-bond donors (Lipinski definition) is 1. The summed E-state index contributed by atoms with van der Waals surface area (Å²) in [6, 6.07) is 8.21. The van der Waals surface area contributed by atoms with Crippen LogP contribution in [0.2, 0.25) is 0 Å². The summed E-state index contributed by atoms with van der Waals surface area (Å²) in [6.07, 6.45) is 10.5. The number of rotatable bonds is 7. The minimum Gasteiger partial charge on any atom is -0.342 e. The number of unbranched alkanes of at least 4 members (excludes halogenated alkanes) is 1. The molecule has 1 spiro atoms. The van der Waals surface area contributed by atoms with Crippen molar-refractivity contribution in [2.24, 2.45) is 5.92 Å². The molecule has 1 atom stereocenters. The Hall–Kier alpha value is -1.59. The van der Waals surface area contributed by atoms with Gasteiger partial charge in [-0.25, -0.2) is 0 Å². The van der Waals surface area contributed by atoms with Crippen molar-refractivity contribution in [2.75, 3.05) is 19.6 Å². The first-order chi connectivity index (χ1) is 15.5. The van der Waals surface area contributed by atoms with Crippen LogP contribution in [0.15, 0.2) is 24.3 Å². The number of hydrogen-bond acceptors (Lipinski definition) is 3. The molecular weight excluding hydrogens is 434 g/mol. The Morgan fingerprint density at radius 1 is 1.06 bits per heavy atom. The fraction of sp³-hybridized carbons (Fsp3) is 0.704. The second kappa shape index (κ2) is 11.7. The zero-order valence-electron chi connectivity index (χ0n) is 20.5. The Morgan fingerprint density at radius 3 is 2.42 bits per heavy atom. The van der Waals surface area contributed by atoms with Gasteiger partial charge in [0.05, 0.1) is 0 Å². The number of halogens is 1. The van der Waals surface area contributed by atoms with Gasteiger partial charge < -0.3 is 10.2 Å². The summed E-state index contributed by atoms with van der Waals surface area (Å²) >= 11 is 0. The van der Waals surface area contributed by atoms with Crippen LogP contribution in [-0.2, 0) is 16.1 Å². The quantitative estimate of drug-likeness (QED) is 0.613. The van der Waals surface area contributed by atoms with Crippen LogP contribution in [0.5, 0.6) is 0 Å². The molecule has 3 fully saturated rings. The van der Waals surface area contributed by atoms with Crippen molar-refractivity contribution in [3.63, 3.8) is 0 Å². The molecule has 1 saturated carbocycles. The predicted octanol–water partition coefficient (Wildman–Crippen LogP) is 4.85. The maximum atomic E-state index is 13.6. The molecule has 1 aromatic rings. The molecular formula is C27H42ClN3O2. The molecule has 1 N–H and O–H groups in total. The van der Waals surface area contributed by atoms with E-state index in [4.69, 9.17) is 0 Å². The van der Waals surface area contributed by atoms with Crippen LogP contribution < -0.4 is 5.32 Å². The molecule has 5 nitrogen and oxygen atoms in total. The highest BCUT2D eigenvalue weighted by Gasteiger charge is 2.53. The topological polar surface area (TPSA) is 52.7 Å². The van der Waals surface area contributed by atoms with Gasteiger partial charge in [0.15, 0.2) is 0 Å². The van der Waals surface area contributed by atoms with Gasteiger partial charge in [-0.1, -0.05) is 69.7 Å². The molecule has 33 heavy (non-hydrogen) atoms. The minimum atomic E-state index is -0.655. The zero-order chi connectivity index (χ0) is 22.6. The number of likely N-dealkylation sites (tertiary alicyclic amines) is 1. The van der Waals surface area contributed by atoms with Crippen LogP contribution in [0.3, 0.4) is 0 Å². The third-order valence-electron chi connectivity index (χ3n) is 8.18. The fourth-order valence-corrected chi connectivity index (χ4v) is 6.04. The number of nitrogens with zero attached hydrogens (tertiary/aromatic N) is 2. The lowest BCUT2D eigenvalue weighted by molar-refractivity contribution is -0.162. The molecule has 1 aliphatic carbocycles. The average Bonchev–Trinajstić information content (AvgIpc) is 2.81. The van der Waals surface area contributed by atoms with E-state index in [9.17, 15) is 9.59 Å². The number of carbonyl (C=O) groups excluding carboxylic acids is 2. The van der Waals surface area contributed by atoms with Gasteiger partial charge >= 0.3 is 0 Å². The highest BCUT2D eigenvalue weighted by atomic mass is 35.5. The summed E-state index contributed by atoms with van der Waals surface area (Å²) in [5.41, 5.74) is 2.01. The van der Waals surface area contributed by atoms with E-state index >= 15 is 0 Å². The number of nitrogens with one attached hydrogen (secondary N) is 1. The molecule has 2 amide bonds. The summed E-state index contributed by atoms with van der Waals surface area (Å²) < 4.78 is 0. The summed E-state index contributed by atoms with van der Waals surface area (Å²) in [6.45, 7) is 7.65. The summed E-state index contributed by atoms with van der Waals surface area (Å²) in [5.74, 6) is 0.858. The maximum absolute atomic E-state index is 13.6. The molecule has 2 saturated heterocycles. The lowest BCUT2D eigenvalue weighted by atomic mass is 9.79. The van der Waals surface area contributed by atoms with E-state index < -0.39 is 5.54 Å². The fourth-order valence-electron chi connectivity index (χ4n) is 6.04. The Labute approximate surface area is 206 Å². The summed E-state index contributed by atoms with van der Waals surface area (Å²) in [4.78, 5) is 31.6. The van der Waals surface area contributed by atoms with E-state index in [2.05, 4.69) is 48.3 Å². The Balaban J connectivity index is 0.00000306. The Bertz CT molecular complexity index is 800. The third-order valence-corrected chi connectivity index (χ3v) is 8.18. The van der Waals surface area contributed by atoms with Crippen molar-refractivity contribution in [1.82, 2.24) is 15.1 Å². The first-order valence-electron chi connectivity index (χ1n) is 12.9. The van der Waals surface area contributed by atoms with Crippen molar-refractivity contribution in [1.29, 1.82) is 0 Å². The van der Waals surface area contributed by atoms with Crippen molar-refractivity contribution in [2.45, 2.75) is 96.2 Å². The number of amides is 2. The van der Waals surface area contributed by atoms with E-state index in [1.165, 1.54) is 43.2 Å². The third kappa shape index (κ3) is 5.74. The average molecular weight is 476 g/mol. The molecule has 0 aromatic heterocycles. The van der Waals surface area contributed by atoms with Crippen LogP contribution in [-0.4, -0.2) is 52.8 Å². The van der Waals surface area contributed by atoms with E-state index in [0.29, 0.717) is 12.5 Å². The van der Waals surface area contributed by atoms with Crippen LogP contribution in [0.1, 0.15) is 82.3 Å². The number of carbonyl (C=O) groups is 2. The normalized spacial score (nSPS) is 23.9. The minimum absolute atomic E-state index is 0. The molecule has 0 radical (unpaired) electrons. The molecule has 1 aromatic carbocycles. The van der Waals surface area contributed by atoms with Gasteiger partial charge in [0.2, 0.25) is 11.8 Å². The molecule has 0 unspecified atom stereocenters. The van der Waals surface area contributed by atoms with E-state index in [1.807, 2.05) is 4.90 Å². The summed E-state index contributed by atoms with van der Waals surface area (Å²) in [5, 5.41) is 3.21. The van der Waals surface area contributed by atoms with Crippen LogP contribution in [0.4, 0.5) is 0 Å². The first-order valence-corrected chi connectivity index (χ1v) is 12.9. The maximum Gasteiger partial charge on any atom is 0.246 e. The smallest absolute Gasteiger partial charge is 0.246 e. The second-order valence-electron chi connectivity index (χ2n) is 10.3. The summed E-state index contributed by atoms with van der Waals surface area (Å²) in [7, 11) is 0. The lowest BCUT2D eigenvalue weighted by Crippen LogP contribution is -2.73. The number of piperidine rings is 1. The molecule has 0 bridgehead atoms. The van der Waals surface area contributed by atoms with E-state index in [1.54, 1.807) is 0 Å². The first kappa shape index (κ1) is 26.0. The number of benzene rings is 1. The molecule has 3 aliphatic rings. The van der Waals surface area contributed by atoms with Crippen molar-refractivity contribution in [3.8, 4) is 0 Å². The Kier molecular flexibility index (Phi) is 9.23. The van der Waals surface area contributed by atoms with Crippen LogP contribution >= 0.6 is 12.4 Å². The van der Waals surface area contributed by atoms with Crippen LogP contribution in [0, 0.1) is 12.8 Å². The van der Waals surface area contributed by atoms with E-state index in [-0.39, 0.29) is 30.3 Å². The van der Waals surface area contributed by atoms with Gasteiger partial charge in [-0.3, -0.25) is 14.5 Å². The molecule has 2 aliphatic heterocycles. The van der Waals surface area contributed by atoms with Crippen molar-refractivity contribution < 1.29 is 9.59 Å². The van der Waals surface area contributed by atoms with Gasteiger partial charge in [-0.05, 0) is 49.7 Å². The second-order valence-corrected chi connectivity index (χ2v) is 10.3. The largest absolute Gasteiger partial charge is 0.342 e. The van der Waals surface area contributed by atoms with Gasteiger partial charge in [0.1, 0.15) is 11.6 Å². The van der Waals surface area contributed by atoms with Gasteiger partial charge in [-0.2, -0.15) is 0 Å². The highest BCUT2D eigenvalue weighted by molar-refractivity contribution is 6.00. The zero-order valence-corrected chi connectivity index (χ0v) is 21.3. The monoisotopic (exact) mass is 475 g/mol. The van der Waals surface area contributed by atoms with Gasteiger partial charge in [-0.15, -0.1) is 12.4 Å². The predicted molar refractivity (Wildman–Crippen MR) is 135 cm³/mol. The van der Waals surface area contributed by atoms with Crippen molar-refractivity contribution in [3.05, 3.63) is 35.4 Å². The highest BCUT2D eigenvalue weighted by Crippen LogP contribution is 2.36. The Morgan fingerprint density at radius 2 is 1.76 bits per heavy atom. The molecule has 2 heterocycles. The number of piperazine rings is 1. The molecule has 4 rings (SSSR count). The molecule has 6 heteroatoms. The molecule has 184 valence electrons. The SMILES string of the molecule is CCCCN1C(=O)[C@H](CC2CCCCC2)NC(=O)C12CCN(Cc1ccccc1C)CC2.Cl. The van der Waals surface area contributed by atoms with Gasteiger partial charge in [0, 0.05) is 26.2 Å². The lowest BCUT2D eigenvalue weighted by Gasteiger charge is -2.52. The number of aryl methyl sites for hydroxylation is 1. The van der Waals surface area contributed by atoms with Gasteiger partial charge in [0.25, 0.3) is 0 Å². The standard InChI is InChI=1S/C27H41N3O2.ClH/c1-3-4-16-30-25(31)24(19-22-11-6-5-7-12-22)28-26(32)27(30)14-17-29(18-15-27)20-23-13-9-8-10-21(23)2;/h8-10,13,22,24H,3-7,11-12,14-20H2,1-2H3,(H,28,32);1H/t24-;/m0./s1. The van der Waals surface area contributed by atoms with Crippen LogP contribution in [0.25, 0.3) is 0 Å². The van der Waals surface area contributed by atoms with Crippen molar-refractivity contribution >= 4 is 24.2 Å². The van der Waals surface area contributed by atoms with E-state index in [0.717, 1.165) is 51.7 Å².